The highest BCUT2D eigenvalue weighted by Gasteiger charge is 2.32. The summed E-state index contributed by atoms with van der Waals surface area (Å²) >= 11 is 6.63. The summed E-state index contributed by atoms with van der Waals surface area (Å²) in [7, 11) is 0. The standard InChI is InChI=1S/C14H15ClF3N5O2S/c1-13(2,3)20-11(25)19-9(24)6-26-12-22-21-10-8(15)4-7(5-23(10)12)14(16,17)18/h4-5H,6H2,1-3H3,(H2,19,20,24,25). The molecule has 7 nitrogen and oxygen atoms in total. The zero-order valence-electron chi connectivity index (χ0n) is 13.9. The van der Waals surface area contributed by atoms with Gasteiger partial charge in [-0.3, -0.25) is 14.5 Å². The number of nitrogens with zero attached hydrogens (tertiary/aromatic N) is 3. The zero-order valence-corrected chi connectivity index (χ0v) is 15.5. The third kappa shape index (κ3) is 5.24. The van der Waals surface area contributed by atoms with Gasteiger partial charge in [-0.2, -0.15) is 13.2 Å². The number of alkyl halides is 3. The number of nitrogens with one attached hydrogen (secondary N) is 2. The first kappa shape index (κ1) is 20.3. The van der Waals surface area contributed by atoms with Crippen LogP contribution in [0.5, 0.6) is 0 Å². The van der Waals surface area contributed by atoms with E-state index in [1.807, 2.05) is 0 Å². The Morgan fingerprint density at radius 2 is 1.92 bits per heavy atom. The topological polar surface area (TPSA) is 88.4 Å². The Labute approximate surface area is 155 Å². The molecule has 0 atom stereocenters. The van der Waals surface area contributed by atoms with E-state index in [1.165, 1.54) is 0 Å². The van der Waals surface area contributed by atoms with Gasteiger partial charge in [-0.15, -0.1) is 10.2 Å². The Hall–Kier alpha value is -2.01. The number of carbonyl (C=O) groups excluding carboxylic acids is 2. The molecule has 0 aliphatic rings. The minimum absolute atomic E-state index is 0.0352. The first-order valence-corrected chi connectivity index (χ1v) is 8.59. The quantitative estimate of drug-likeness (QED) is 0.760. The second-order valence-corrected chi connectivity index (χ2v) is 7.64. The van der Waals surface area contributed by atoms with Gasteiger partial charge in [0.1, 0.15) is 0 Å². The van der Waals surface area contributed by atoms with Crippen molar-refractivity contribution in [3.8, 4) is 0 Å². The van der Waals surface area contributed by atoms with Gasteiger partial charge in [0, 0.05) is 11.7 Å². The number of urea groups is 1. The highest BCUT2D eigenvalue weighted by Crippen LogP contribution is 2.33. The Morgan fingerprint density at radius 3 is 2.50 bits per heavy atom. The molecule has 3 amide bonds. The number of rotatable bonds is 3. The lowest BCUT2D eigenvalue weighted by Crippen LogP contribution is -2.48. The average molecular weight is 410 g/mol. The van der Waals surface area contributed by atoms with E-state index in [1.54, 1.807) is 20.8 Å². The summed E-state index contributed by atoms with van der Waals surface area (Å²) in [5, 5.41) is 11.9. The minimum Gasteiger partial charge on any atom is -0.333 e. The lowest BCUT2D eigenvalue weighted by Gasteiger charge is -2.20. The first-order valence-electron chi connectivity index (χ1n) is 7.23. The van der Waals surface area contributed by atoms with Crippen molar-refractivity contribution in [1.29, 1.82) is 0 Å². The van der Waals surface area contributed by atoms with Gasteiger partial charge in [0.2, 0.25) is 5.91 Å². The molecule has 0 saturated carbocycles. The lowest BCUT2D eigenvalue weighted by atomic mass is 10.1. The van der Waals surface area contributed by atoms with Crippen LogP contribution in [-0.4, -0.2) is 37.8 Å². The van der Waals surface area contributed by atoms with Gasteiger partial charge in [-0.1, -0.05) is 23.4 Å². The van der Waals surface area contributed by atoms with Crippen LogP contribution in [0, 0.1) is 0 Å². The fourth-order valence-corrected chi connectivity index (χ4v) is 2.81. The monoisotopic (exact) mass is 409 g/mol. The third-order valence-electron chi connectivity index (χ3n) is 2.83. The molecule has 12 heteroatoms. The van der Waals surface area contributed by atoms with Gasteiger partial charge in [0.15, 0.2) is 10.8 Å². The average Bonchev–Trinajstić information content (AvgIpc) is 2.85. The molecular weight excluding hydrogens is 395 g/mol. The highest BCUT2D eigenvalue weighted by molar-refractivity contribution is 7.99. The van der Waals surface area contributed by atoms with Crippen molar-refractivity contribution in [2.24, 2.45) is 0 Å². The molecule has 0 aliphatic heterocycles. The fourth-order valence-electron chi connectivity index (χ4n) is 1.85. The molecule has 0 fully saturated rings. The van der Waals surface area contributed by atoms with E-state index in [4.69, 9.17) is 11.6 Å². The highest BCUT2D eigenvalue weighted by atomic mass is 35.5. The number of carbonyl (C=O) groups is 2. The number of fused-ring (bicyclic) bond motifs is 1. The van der Waals surface area contributed by atoms with Crippen molar-refractivity contribution in [3.05, 3.63) is 22.8 Å². The van der Waals surface area contributed by atoms with Crippen LogP contribution in [0.25, 0.3) is 5.65 Å². The number of aromatic nitrogens is 3. The van der Waals surface area contributed by atoms with E-state index in [2.05, 4.69) is 20.8 Å². The summed E-state index contributed by atoms with van der Waals surface area (Å²) in [5.74, 6) is -0.877. The molecule has 0 aromatic carbocycles. The number of pyridine rings is 1. The van der Waals surface area contributed by atoms with Crippen molar-refractivity contribution in [3.63, 3.8) is 0 Å². The molecule has 0 saturated heterocycles. The van der Waals surface area contributed by atoms with Crippen LogP contribution >= 0.6 is 23.4 Å². The minimum atomic E-state index is -4.59. The predicted octanol–water partition coefficient (Wildman–Crippen LogP) is 3.12. The number of thioether (sulfide) groups is 1. The molecular formula is C14H15ClF3N5O2S. The van der Waals surface area contributed by atoms with E-state index in [-0.39, 0.29) is 21.6 Å². The Kier molecular flexibility index (Phi) is 5.71. The second kappa shape index (κ2) is 7.31. The smallest absolute Gasteiger partial charge is 0.333 e. The Balaban J connectivity index is 2.10. The van der Waals surface area contributed by atoms with Gasteiger partial charge >= 0.3 is 12.2 Å². The van der Waals surface area contributed by atoms with Crippen LogP contribution in [0.2, 0.25) is 5.02 Å². The molecule has 2 rings (SSSR count). The normalized spacial score (nSPS) is 12.3. The molecule has 142 valence electrons. The summed E-state index contributed by atoms with van der Waals surface area (Å²) in [5.41, 5.74) is -1.45. The molecule has 2 aromatic heterocycles. The summed E-state index contributed by atoms with van der Waals surface area (Å²) in [4.78, 5) is 23.4. The first-order chi connectivity index (χ1) is 11.9. The van der Waals surface area contributed by atoms with Crippen LogP contribution in [0.1, 0.15) is 26.3 Å². The van der Waals surface area contributed by atoms with Gasteiger partial charge in [-0.05, 0) is 26.8 Å². The Morgan fingerprint density at radius 1 is 1.27 bits per heavy atom. The van der Waals surface area contributed by atoms with Gasteiger partial charge in [0.25, 0.3) is 0 Å². The summed E-state index contributed by atoms with van der Waals surface area (Å²) < 4.78 is 39.7. The number of imide groups is 1. The molecule has 0 radical (unpaired) electrons. The molecule has 0 spiro atoms. The van der Waals surface area contributed by atoms with Crippen molar-refractivity contribution < 1.29 is 22.8 Å². The SMILES string of the molecule is CC(C)(C)NC(=O)NC(=O)CSc1nnc2c(Cl)cc(C(F)(F)F)cn12. The van der Waals surface area contributed by atoms with Crippen molar-refractivity contribution in [1.82, 2.24) is 25.2 Å². The Bertz CT molecular complexity index is 847. The van der Waals surface area contributed by atoms with Crippen LogP contribution in [-0.2, 0) is 11.0 Å². The van der Waals surface area contributed by atoms with Crippen molar-refractivity contribution in [2.75, 3.05) is 5.75 Å². The molecule has 0 unspecified atom stereocenters. The summed E-state index contributed by atoms with van der Waals surface area (Å²) in [6.07, 6.45) is -3.79. The maximum atomic E-state index is 12.9. The van der Waals surface area contributed by atoms with E-state index in [0.29, 0.717) is 0 Å². The predicted molar refractivity (Wildman–Crippen MR) is 90.2 cm³/mol. The van der Waals surface area contributed by atoms with E-state index in [0.717, 1.165) is 28.4 Å². The van der Waals surface area contributed by atoms with Crippen molar-refractivity contribution in [2.45, 2.75) is 37.6 Å². The van der Waals surface area contributed by atoms with Crippen LogP contribution in [0.4, 0.5) is 18.0 Å². The molecule has 2 N–H and O–H groups in total. The van der Waals surface area contributed by atoms with Crippen molar-refractivity contribution >= 4 is 40.9 Å². The lowest BCUT2D eigenvalue weighted by molar-refractivity contribution is -0.137. The molecule has 0 aliphatic carbocycles. The summed E-state index contributed by atoms with van der Waals surface area (Å²) in [6, 6.07) is 0.0837. The maximum absolute atomic E-state index is 12.9. The fraction of sp³-hybridized carbons (Fsp3) is 0.429. The van der Waals surface area contributed by atoms with E-state index >= 15 is 0 Å². The number of hydrogen-bond donors (Lipinski definition) is 2. The van der Waals surface area contributed by atoms with Crippen LogP contribution in [0.15, 0.2) is 17.4 Å². The number of amides is 3. The largest absolute Gasteiger partial charge is 0.417 e. The third-order valence-corrected chi connectivity index (χ3v) is 4.05. The van der Waals surface area contributed by atoms with E-state index < -0.39 is 29.2 Å². The number of hydrogen-bond acceptors (Lipinski definition) is 5. The maximum Gasteiger partial charge on any atom is 0.417 e. The molecule has 2 heterocycles. The summed E-state index contributed by atoms with van der Waals surface area (Å²) in [6.45, 7) is 5.24. The zero-order chi connectivity index (χ0) is 19.7. The van der Waals surface area contributed by atoms with Crippen LogP contribution < -0.4 is 10.6 Å². The number of halogens is 4. The second-order valence-electron chi connectivity index (χ2n) is 6.29. The van der Waals surface area contributed by atoms with E-state index in [9.17, 15) is 22.8 Å². The van der Waals surface area contributed by atoms with Gasteiger partial charge < -0.3 is 5.32 Å². The van der Waals surface area contributed by atoms with Gasteiger partial charge in [0.05, 0.1) is 16.3 Å². The molecule has 0 bridgehead atoms. The molecule has 2 aromatic rings. The van der Waals surface area contributed by atoms with Crippen LogP contribution in [0.3, 0.4) is 0 Å². The van der Waals surface area contributed by atoms with Gasteiger partial charge in [-0.25, -0.2) is 4.79 Å². The molecule has 26 heavy (non-hydrogen) atoms.